The van der Waals surface area contributed by atoms with E-state index in [-0.39, 0.29) is 12.5 Å². The molecule has 0 aliphatic rings. The first kappa shape index (κ1) is 12.9. The highest BCUT2D eigenvalue weighted by Gasteiger charge is 2.11. The number of nitriles is 1. The standard InChI is InChI=1S/C9H16N2O3/c1-7(5-10)9(13)11-4-3-8(12)6-14-2/h7-8,12H,3-4,6H2,1-2H3,(H,11,13). The molecule has 2 unspecified atom stereocenters. The van der Waals surface area contributed by atoms with Gasteiger partial charge in [0.2, 0.25) is 5.91 Å². The first-order valence-corrected chi connectivity index (χ1v) is 4.46. The summed E-state index contributed by atoms with van der Waals surface area (Å²) in [5.74, 6) is -0.952. The summed E-state index contributed by atoms with van der Waals surface area (Å²) < 4.78 is 4.71. The van der Waals surface area contributed by atoms with Crippen molar-refractivity contribution in [2.24, 2.45) is 5.92 Å². The summed E-state index contributed by atoms with van der Waals surface area (Å²) in [6, 6.07) is 1.83. The molecule has 0 heterocycles. The summed E-state index contributed by atoms with van der Waals surface area (Å²) in [6.45, 7) is 2.14. The van der Waals surface area contributed by atoms with Crippen LogP contribution in [0.4, 0.5) is 0 Å². The summed E-state index contributed by atoms with van der Waals surface area (Å²) in [4.78, 5) is 11.1. The summed E-state index contributed by atoms with van der Waals surface area (Å²) in [5.41, 5.74) is 0. The second-order valence-electron chi connectivity index (χ2n) is 3.04. The highest BCUT2D eigenvalue weighted by molar-refractivity contribution is 5.80. The lowest BCUT2D eigenvalue weighted by atomic mass is 10.2. The molecule has 0 rings (SSSR count). The Morgan fingerprint density at radius 1 is 1.71 bits per heavy atom. The van der Waals surface area contributed by atoms with E-state index in [1.54, 1.807) is 0 Å². The number of nitrogens with one attached hydrogen (secondary N) is 1. The number of amides is 1. The molecule has 0 aromatic rings. The normalized spacial score (nSPS) is 14.1. The molecule has 80 valence electrons. The van der Waals surface area contributed by atoms with Gasteiger partial charge in [-0.15, -0.1) is 0 Å². The molecule has 0 fully saturated rings. The van der Waals surface area contributed by atoms with Gasteiger partial charge in [0.15, 0.2) is 0 Å². The van der Waals surface area contributed by atoms with Crippen LogP contribution in [0.1, 0.15) is 13.3 Å². The average Bonchev–Trinajstić information content (AvgIpc) is 2.16. The van der Waals surface area contributed by atoms with E-state index in [1.165, 1.54) is 14.0 Å². The van der Waals surface area contributed by atoms with Crippen molar-refractivity contribution in [3.63, 3.8) is 0 Å². The van der Waals surface area contributed by atoms with Crippen LogP contribution in [0, 0.1) is 17.2 Å². The molecule has 0 aliphatic heterocycles. The van der Waals surface area contributed by atoms with E-state index in [1.807, 2.05) is 6.07 Å². The maximum absolute atomic E-state index is 11.1. The molecule has 0 radical (unpaired) electrons. The summed E-state index contributed by atoms with van der Waals surface area (Å²) in [7, 11) is 1.50. The molecule has 2 N–H and O–H groups in total. The van der Waals surface area contributed by atoms with Crippen LogP contribution in [0.15, 0.2) is 0 Å². The van der Waals surface area contributed by atoms with Crippen molar-refractivity contribution in [2.75, 3.05) is 20.3 Å². The number of aliphatic hydroxyl groups excluding tert-OH is 1. The Morgan fingerprint density at radius 3 is 2.86 bits per heavy atom. The maximum Gasteiger partial charge on any atom is 0.237 e. The van der Waals surface area contributed by atoms with E-state index in [0.29, 0.717) is 13.0 Å². The quantitative estimate of drug-likeness (QED) is 0.614. The summed E-state index contributed by atoms with van der Waals surface area (Å²) in [5, 5.41) is 20.2. The molecule has 0 bridgehead atoms. The van der Waals surface area contributed by atoms with Gasteiger partial charge in [-0.25, -0.2) is 0 Å². The number of hydrogen-bond donors (Lipinski definition) is 2. The van der Waals surface area contributed by atoms with E-state index >= 15 is 0 Å². The molecule has 0 aliphatic carbocycles. The molecule has 0 saturated carbocycles. The molecule has 0 spiro atoms. The average molecular weight is 200 g/mol. The second-order valence-corrected chi connectivity index (χ2v) is 3.04. The molecule has 5 nitrogen and oxygen atoms in total. The predicted octanol–water partition coefficient (Wildman–Crippen LogP) is -0.340. The zero-order valence-corrected chi connectivity index (χ0v) is 8.49. The molecule has 0 saturated heterocycles. The van der Waals surface area contributed by atoms with Crippen LogP contribution in [-0.2, 0) is 9.53 Å². The number of hydrogen-bond acceptors (Lipinski definition) is 4. The molecule has 5 heteroatoms. The zero-order valence-electron chi connectivity index (χ0n) is 8.49. The molecule has 1 amide bonds. The van der Waals surface area contributed by atoms with Crippen LogP contribution in [-0.4, -0.2) is 37.4 Å². The smallest absolute Gasteiger partial charge is 0.237 e. The van der Waals surface area contributed by atoms with Crippen molar-refractivity contribution in [1.82, 2.24) is 5.32 Å². The zero-order chi connectivity index (χ0) is 11.0. The topological polar surface area (TPSA) is 82.3 Å². The van der Waals surface area contributed by atoms with Gasteiger partial charge in [0, 0.05) is 13.7 Å². The Hall–Kier alpha value is -1.12. The van der Waals surface area contributed by atoms with Crippen LogP contribution in [0.2, 0.25) is 0 Å². The van der Waals surface area contributed by atoms with Gasteiger partial charge in [0.25, 0.3) is 0 Å². The Bertz CT molecular complexity index is 213. The first-order valence-electron chi connectivity index (χ1n) is 4.46. The fraction of sp³-hybridized carbons (Fsp3) is 0.778. The molecule has 0 aromatic heterocycles. The molecule has 14 heavy (non-hydrogen) atoms. The van der Waals surface area contributed by atoms with Crippen molar-refractivity contribution in [3.05, 3.63) is 0 Å². The first-order chi connectivity index (χ1) is 6.61. The van der Waals surface area contributed by atoms with Gasteiger partial charge in [-0.2, -0.15) is 5.26 Å². The van der Waals surface area contributed by atoms with Gasteiger partial charge in [0.1, 0.15) is 5.92 Å². The number of carbonyl (C=O) groups excluding carboxylic acids is 1. The second kappa shape index (κ2) is 7.30. The van der Waals surface area contributed by atoms with Crippen LogP contribution >= 0.6 is 0 Å². The number of carbonyl (C=O) groups is 1. The van der Waals surface area contributed by atoms with Crippen molar-refractivity contribution in [1.29, 1.82) is 5.26 Å². The lowest BCUT2D eigenvalue weighted by Crippen LogP contribution is -2.31. The number of nitrogens with zero attached hydrogens (tertiary/aromatic N) is 1. The molecular formula is C9H16N2O3. The van der Waals surface area contributed by atoms with Crippen molar-refractivity contribution >= 4 is 5.91 Å². The third-order valence-corrected chi connectivity index (χ3v) is 1.72. The Balaban J connectivity index is 3.55. The van der Waals surface area contributed by atoms with Gasteiger partial charge in [0.05, 0.1) is 18.8 Å². The highest BCUT2D eigenvalue weighted by atomic mass is 16.5. The van der Waals surface area contributed by atoms with Gasteiger partial charge in [-0.05, 0) is 13.3 Å². The monoisotopic (exact) mass is 200 g/mol. The van der Waals surface area contributed by atoms with Gasteiger partial charge >= 0.3 is 0 Å². The Kier molecular flexibility index (Phi) is 6.72. The third kappa shape index (κ3) is 5.51. The Morgan fingerprint density at radius 2 is 2.36 bits per heavy atom. The van der Waals surface area contributed by atoms with Gasteiger partial charge in [-0.1, -0.05) is 0 Å². The predicted molar refractivity (Wildman–Crippen MR) is 50.3 cm³/mol. The van der Waals surface area contributed by atoms with Gasteiger partial charge in [-0.3, -0.25) is 4.79 Å². The number of aliphatic hydroxyl groups is 1. The number of rotatable bonds is 6. The fourth-order valence-corrected chi connectivity index (χ4v) is 0.849. The van der Waals surface area contributed by atoms with Crippen LogP contribution in [0.25, 0.3) is 0 Å². The van der Waals surface area contributed by atoms with Crippen LogP contribution in [0.5, 0.6) is 0 Å². The van der Waals surface area contributed by atoms with Crippen LogP contribution in [0.3, 0.4) is 0 Å². The lowest BCUT2D eigenvalue weighted by molar-refractivity contribution is -0.123. The lowest BCUT2D eigenvalue weighted by Gasteiger charge is -2.10. The maximum atomic E-state index is 11.1. The SMILES string of the molecule is COCC(O)CCNC(=O)C(C)C#N. The van der Waals surface area contributed by atoms with Crippen molar-refractivity contribution in [3.8, 4) is 6.07 Å². The molecule has 0 aromatic carbocycles. The number of ether oxygens (including phenoxy) is 1. The Labute approximate surface area is 83.7 Å². The van der Waals surface area contributed by atoms with E-state index in [0.717, 1.165) is 0 Å². The van der Waals surface area contributed by atoms with Crippen LogP contribution < -0.4 is 5.32 Å². The van der Waals surface area contributed by atoms with E-state index < -0.39 is 12.0 Å². The molecular weight excluding hydrogens is 184 g/mol. The third-order valence-electron chi connectivity index (χ3n) is 1.72. The van der Waals surface area contributed by atoms with E-state index in [4.69, 9.17) is 10.00 Å². The summed E-state index contributed by atoms with van der Waals surface area (Å²) in [6.07, 6.45) is -0.143. The number of methoxy groups -OCH3 is 1. The van der Waals surface area contributed by atoms with Gasteiger partial charge < -0.3 is 15.2 Å². The molecule has 2 atom stereocenters. The minimum atomic E-state index is -0.644. The van der Waals surface area contributed by atoms with E-state index in [2.05, 4.69) is 5.32 Å². The highest BCUT2D eigenvalue weighted by Crippen LogP contribution is 1.93. The fourth-order valence-electron chi connectivity index (χ4n) is 0.849. The largest absolute Gasteiger partial charge is 0.391 e. The minimum absolute atomic E-state index is 0.254. The van der Waals surface area contributed by atoms with E-state index in [9.17, 15) is 9.90 Å². The van der Waals surface area contributed by atoms with Crippen molar-refractivity contribution in [2.45, 2.75) is 19.4 Å². The minimum Gasteiger partial charge on any atom is -0.391 e. The summed E-state index contributed by atoms with van der Waals surface area (Å²) >= 11 is 0. The van der Waals surface area contributed by atoms with Crippen molar-refractivity contribution < 1.29 is 14.6 Å².